The number of carbonyl (C=O) groups is 2. The van der Waals surface area contributed by atoms with E-state index in [9.17, 15) is 9.59 Å². The van der Waals surface area contributed by atoms with Gasteiger partial charge in [-0.15, -0.1) is 0 Å². The SMILES string of the molecule is O=C(O)CCC(=O)c1ccc(OCCO)cc1. The monoisotopic (exact) mass is 238 g/mol. The average molecular weight is 238 g/mol. The summed E-state index contributed by atoms with van der Waals surface area (Å²) < 4.78 is 5.13. The van der Waals surface area contributed by atoms with Gasteiger partial charge in [-0.05, 0) is 24.3 Å². The summed E-state index contributed by atoms with van der Waals surface area (Å²) >= 11 is 0. The van der Waals surface area contributed by atoms with Crippen molar-refractivity contribution in [2.75, 3.05) is 13.2 Å². The molecule has 2 N–H and O–H groups in total. The number of benzene rings is 1. The lowest BCUT2D eigenvalue weighted by Crippen LogP contribution is -2.04. The van der Waals surface area contributed by atoms with Gasteiger partial charge in [0.25, 0.3) is 0 Å². The lowest BCUT2D eigenvalue weighted by atomic mass is 10.1. The highest BCUT2D eigenvalue weighted by atomic mass is 16.5. The number of aliphatic hydroxyl groups excluding tert-OH is 1. The van der Waals surface area contributed by atoms with Gasteiger partial charge in [0, 0.05) is 12.0 Å². The van der Waals surface area contributed by atoms with Crippen LogP contribution in [0, 0.1) is 0 Å². The molecular formula is C12H14O5. The summed E-state index contributed by atoms with van der Waals surface area (Å²) in [5, 5.41) is 17.0. The number of aliphatic hydroxyl groups is 1. The van der Waals surface area contributed by atoms with Crippen LogP contribution in [0.1, 0.15) is 23.2 Å². The maximum absolute atomic E-state index is 11.5. The van der Waals surface area contributed by atoms with E-state index in [-0.39, 0.29) is 31.8 Å². The second-order valence-electron chi connectivity index (χ2n) is 3.41. The minimum absolute atomic E-state index is 0.00776. The van der Waals surface area contributed by atoms with Crippen LogP contribution in [0.25, 0.3) is 0 Å². The molecule has 17 heavy (non-hydrogen) atoms. The Hall–Kier alpha value is -1.88. The van der Waals surface area contributed by atoms with Crippen LogP contribution in [0.4, 0.5) is 0 Å². The van der Waals surface area contributed by atoms with Crippen LogP contribution in [-0.2, 0) is 4.79 Å². The third-order valence-electron chi connectivity index (χ3n) is 2.10. The Kier molecular flexibility index (Phi) is 5.16. The van der Waals surface area contributed by atoms with E-state index >= 15 is 0 Å². The molecule has 1 rings (SSSR count). The molecule has 0 heterocycles. The topological polar surface area (TPSA) is 83.8 Å². The molecule has 0 saturated carbocycles. The van der Waals surface area contributed by atoms with Crippen molar-refractivity contribution in [1.29, 1.82) is 0 Å². The largest absolute Gasteiger partial charge is 0.491 e. The second kappa shape index (κ2) is 6.65. The van der Waals surface area contributed by atoms with E-state index in [0.717, 1.165) is 0 Å². The van der Waals surface area contributed by atoms with Gasteiger partial charge < -0.3 is 14.9 Å². The third kappa shape index (κ3) is 4.65. The van der Waals surface area contributed by atoms with Crippen molar-refractivity contribution in [2.24, 2.45) is 0 Å². The molecule has 5 nitrogen and oxygen atoms in total. The van der Waals surface area contributed by atoms with Crippen molar-refractivity contribution in [3.8, 4) is 5.75 Å². The Balaban J connectivity index is 2.54. The van der Waals surface area contributed by atoms with Crippen molar-refractivity contribution in [3.63, 3.8) is 0 Å². The normalized spacial score (nSPS) is 9.94. The van der Waals surface area contributed by atoms with Gasteiger partial charge >= 0.3 is 5.97 Å². The minimum Gasteiger partial charge on any atom is -0.491 e. The molecule has 0 aliphatic rings. The van der Waals surface area contributed by atoms with Gasteiger partial charge in [0.2, 0.25) is 0 Å². The molecule has 1 aromatic carbocycles. The van der Waals surface area contributed by atoms with Crippen molar-refractivity contribution in [3.05, 3.63) is 29.8 Å². The van der Waals surface area contributed by atoms with Crippen molar-refractivity contribution in [2.45, 2.75) is 12.8 Å². The van der Waals surface area contributed by atoms with E-state index in [2.05, 4.69) is 0 Å². The molecule has 0 amide bonds. The lowest BCUT2D eigenvalue weighted by molar-refractivity contribution is -0.136. The Morgan fingerprint density at radius 2 is 1.76 bits per heavy atom. The summed E-state index contributed by atoms with van der Waals surface area (Å²) in [5.74, 6) is -0.629. The van der Waals surface area contributed by atoms with Crippen molar-refractivity contribution in [1.82, 2.24) is 0 Å². The summed E-state index contributed by atoms with van der Waals surface area (Å²) in [5.41, 5.74) is 0.461. The highest BCUT2D eigenvalue weighted by molar-refractivity contribution is 5.97. The number of rotatable bonds is 7. The summed E-state index contributed by atoms with van der Waals surface area (Å²) in [6, 6.07) is 6.39. The fraction of sp³-hybridized carbons (Fsp3) is 0.333. The lowest BCUT2D eigenvalue weighted by Gasteiger charge is -2.04. The summed E-state index contributed by atoms with van der Waals surface area (Å²) in [7, 11) is 0. The molecule has 1 aromatic rings. The Morgan fingerprint density at radius 1 is 1.12 bits per heavy atom. The van der Waals surface area contributed by atoms with Crippen LogP contribution in [-0.4, -0.2) is 35.2 Å². The minimum atomic E-state index is -0.985. The molecule has 0 aliphatic heterocycles. The van der Waals surface area contributed by atoms with E-state index in [4.69, 9.17) is 14.9 Å². The van der Waals surface area contributed by atoms with E-state index < -0.39 is 5.97 Å². The quantitative estimate of drug-likeness (QED) is 0.695. The van der Waals surface area contributed by atoms with Crippen LogP contribution >= 0.6 is 0 Å². The molecule has 0 bridgehead atoms. The van der Waals surface area contributed by atoms with Gasteiger partial charge in [-0.25, -0.2) is 0 Å². The van der Waals surface area contributed by atoms with Gasteiger partial charge in [-0.1, -0.05) is 0 Å². The molecule has 0 saturated heterocycles. The summed E-state index contributed by atoms with van der Waals surface area (Å²) in [4.78, 5) is 21.8. The summed E-state index contributed by atoms with van der Waals surface area (Å²) in [6.07, 6.45) is -0.173. The van der Waals surface area contributed by atoms with Gasteiger partial charge in [0.1, 0.15) is 12.4 Å². The molecule has 0 aromatic heterocycles. The first-order valence-electron chi connectivity index (χ1n) is 5.22. The van der Waals surface area contributed by atoms with Gasteiger partial charge in [-0.2, -0.15) is 0 Å². The first-order valence-corrected chi connectivity index (χ1v) is 5.22. The van der Waals surface area contributed by atoms with Crippen LogP contribution < -0.4 is 4.74 Å². The maximum Gasteiger partial charge on any atom is 0.303 e. The number of ketones is 1. The standard InChI is InChI=1S/C12H14O5/c13-7-8-17-10-3-1-9(2-4-10)11(14)5-6-12(15)16/h1-4,13H,5-8H2,(H,15,16). The molecule has 0 unspecified atom stereocenters. The molecular weight excluding hydrogens is 224 g/mol. The molecule has 5 heteroatoms. The van der Waals surface area contributed by atoms with Gasteiger partial charge in [0.15, 0.2) is 5.78 Å². The van der Waals surface area contributed by atoms with E-state index in [1.54, 1.807) is 24.3 Å². The van der Waals surface area contributed by atoms with Crippen molar-refractivity contribution < 1.29 is 24.5 Å². The summed E-state index contributed by atoms with van der Waals surface area (Å²) in [6.45, 7) is 0.131. The second-order valence-corrected chi connectivity index (χ2v) is 3.41. The van der Waals surface area contributed by atoms with Crippen LogP contribution in [0.2, 0.25) is 0 Å². The number of carboxylic acids is 1. The van der Waals surface area contributed by atoms with E-state index in [1.165, 1.54) is 0 Å². The number of Topliss-reactive ketones (excluding diaryl/α,β-unsaturated/α-hetero) is 1. The van der Waals surface area contributed by atoms with E-state index in [1.807, 2.05) is 0 Å². The zero-order valence-corrected chi connectivity index (χ0v) is 9.26. The Bertz CT molecular complexity index is 382. The maximum atomic E-state index is 11.5. The number of hydrogen-bond donors (Lipinski definition) is 2. The molecule has 0 aliphatic carbocycles. The third-order valence-corrected chi connectivity index (χ3v) is 2.10. The van der Waals surface area contributed by atoms with Gasteiger partial charge in [-0.3, -0.25) is 9.59 Å². The number of ether oxygens (including phenoxy) is 1. The fourth-order valence-electron chi connectivity index (χ4n) is 1.27. The smallest absolute Gasteiger partial charge is 0.303 e. The first-order chi connectivity index (χ1) is 8.13. The highest BCUT2D eigenvalue weighted by Crippen LogP contribution is 2.13. The predicted molar refractivity (Wildman–Crippen MR) is 60.2 cm³/mol. The van der Waals surface area contributed by atoms with Crippen LogP contribution in [0.3, 0.4) is 0 Å². The predicted octanol–water partition coefficient (Wildman–Crippen LogP) is 1.11. The number of carboxylic acid groups (broad SMARTS) is 1. The Labute approximate surface area is 98.6 Å². The molecule has 92 valence electrons. The van der Waals surface area contributed by atoms with Crippen molar-refractivity contribution >= 4 is 11.8 Å². The van der Waals surface area contributed by atoms with Gasteiger partial charge in [0.05, 0.1) is 13.0 Å². The average Bonchev–Trinajstić information content (AvgIpc) is 2.34. The fourth-order valence-corrected chi connectivity index (χ4v) is 1.27. The Morgan fingerprint density at radius 3 is 2.29 bits per heavy atom. The zero-order valence-electron chi connectivity index (χ0n) is 9.26. The molecule has 0 fully saturated rings. The number of aliphatic carboxylic acids is 1. The molecule has 0 spiro atoms. The van der Waals surface area contributed by atoms with Crippen LogP contribution in [0.15, 0.2) is 24.3 Å². The van der Waals surface area contributed by atoms with Crippen LogP contribution in [0.5, 0.6) is 5.75 Å². The highest BCUT2D eigenvalue weighted by Gasteiger charge is 2.08. The number of carbonyl (C=O) groups excluding carboxylic acids is 1. The number of hydrogen-bond acceptors (Lipinski definition) is 4. The zero-order chi connectivity index (χ0) is 12.7. The molecule has 0 radical (unpaired) electrons. The molecule has 0 atom stereocenters. The van der Waals surface area contributed by atoms with E-state index in [0.29, 0.717) is 11.3 Å². The first kappa shape index (κ1) is 13.2.